The summed E-state index contributed by atoms with van der Waals surface area (Å²) in [5.41, 5.74) is 12.5. The molecule has 2 aromatic carbocycles. The molecule has 260 valence electrons. The normalized spacial score (nSPS) is 20.5. The van der Waals surface area contributed by atoms with Crippen molar-refractivity contribution in [2.45, 2.75) is 49.1 Å². The first-order chi connectivity index (χ1) is 23.4. The van der Waals surface area contributed by atoms with E-state index in [1.165, 1.54) is 6.07 Å². The third-order valence-electron chi connectivity index (χ3n) is 9.35. The number of benzene rings is 2. The molecule has 3 aliphatic rings. The summed E-state index contributed by atoms with van der Waals surface area (Å²) in [5.74, 6) is -3.21. The van der Waals surface area contributed by atoms with Gasteiger partial charge in [0, 0.05) is 19.5 Å². The van der Waals surface area contributed by atoms with Gasteiger partial charge in [-0.25, -0.2) is 13.2 Å². The Hall–Kier alpha value is -4.67. The summed E-state index contributed by atoms with van der Waals surface area (Å²) in [6, 6.07) is 12.8. The van der Waals surface area contributed by atoms with Gasteiger partial charge in [0.2, 0.25) is 0 Å². The number of rotatable bonds is 13. The zero-order valence-electron chi connectivity index (χ0n) is 26.6. The lowest BCUT2D eigenvalue weighted by molar-refractivity contribution is -0.143. The van der Waals surface area contributed by atoms with Gasteiger partial charge in [0.25, 0.3) is 15.9 Å². The third-order valence-corrected chi connectivity index (χ3v) is 11.6. The summed E-state index contributed by atoms with van der Waals surface area (Å²) in [6.07, 6.45) is 2.27. The minimum Gasteiger partial charge on any atom is -0.492 e. The van der Waals surface area contributed by atoms with Gasteiger partial charge < -0.3 is 31.7 Å². The van der Waals surface area contributed by atoms with Crippen molar-refractivity contribution in [2.24, 2.45) is 28.3 Å². The van der Waals surface area contributed by atoms with E-state index in [0.29, 0.717) is 57.5 Å². The van der Waals surface area contributed by atoms with Gasteiger partial charge in [0.05, 0.1) is 18.2 Å². The molecule has 6 rings (SSSR count). The number of hydrogen-bond donors (Lipinski definition) is 6. The summed E-state index contributed by atoms with van der Waals surface area (Å²) < 4.78 is 36.2. The predicted octanol–water partition coefficient (Wildman–Crippen LogP) is 2.68. The Morgan fingerprint density at radius 2 is 1.86 bits per heavy atom. The molecule has 0 bridgehead atoms. The second-order valence-electron chi connectivity index (χ2n) is 12.6. The Bertz CT molecular complexity index is 1920. The molecule has 3 heterocycles. The van der Waals surface area contributed by atoms with E-state index in [0.717, 1.165) is 28.0 Å². The first-order valence-corrected chi connectivity index (χ1v) is 18.3. The van der Waals surface area contributed by atoms with Gasteiger partial charge in [0.15, 0.2) is 5.96 Å². The standard InChI is InChI=1S/C33H38N6O8S2/c34-32(35)36-9-4-24-17-33(24,31(43)44)37-29(40)28-25(8-13-48-28)38-49(45,46)26-16-23(15-22-7-12-47-27(22)26)21-3-1-2-19(14-21)18-39-10-5-20(6-11-39)30(41)42/h1-3,8,13-16,20,24,38H,4-7,9-12,17-18H2,(H,37,40)(H,41,42)(H,43,44)(H4,34,35,36)/t24-,33?/m1/s1. The Morgan fingerprint density at radius 1 is 1.08 bits per heavy atom. The van der Waals surface area contributed by atoms with Gasteiger partial charge in [-0.15, -0.1) is 11.3 Å². The number of sulfonamides is 1. The lowest BCUT2D eigenvalue weighted by Gasteiger charge is -2.30. The SMILES string of the molecule is NC(N)=NCC[C@@H]1CC1(NC(=O)c1sccc1NS(=O)(=O)c1cc(-c2cccc(CN3CCC(C(=O)O)CC3)c2)cc2c1OCC2)C(=O)O. The number of thiophene rings is 1. The first kappa shape index (κ1) is 34.2. The zero-order valence-corrected chi connectivity index (χ0v) is 28.2. The number of nitrogens with one attached hydrogen (secondary N) is 2. The molecule has 2 atom stereocenters. The maximum absolute atomic E-state index is 14.0. The molecule has 3 aromatic rings. The molecule has 0 radical (unpaired) electrons. The van der Waals surface area contributed by atoms with Crippen LogP contribution in [0.15, 0.2) is 57.7 Å². The minimum absolute atomic E-state index is 0.0200. The molecule has 1 unspecified atom stereocenters. The molecule has 1 aromatic heterocycles. The van der Waals surface area contributed by atoms with Crippen LogP contribution in [-0.4, -0.2) is 79.1 Å². The van der Waals surface area contributed by atoms with E-state index in [1.54, 1.807) is 11.4 Å². The molecule has 0 spiro atoms. The van der Waals surface area contributed by atoms with Crippen LogP contribution in [0.25, 0.3) is 11.1 Å². The molecule has 49 heavy (non-hydrogen) atoms. The lowest BCUT2D eigenvalue weighted by atomic mass is 9.96. The smallest absolute Gasteiger partial charge is 0.329 e. The van der Waals surface area contributed by atoms with Crippen molar-refractivity contribution >= 4 is 50.9 Å². The number of piperidine rings is 1. The molecule has 16 heteroatoms. The van der Waals surface area contributed by atoms with Crippen LogP contribution in [0.5, 0.6) is 5.75 Å². The number of carbonyl (C=O) groups excluding carboxylic acids is 1. The molecule has 1 saturated heterocycles. The highest BCUT2D eigenvalue weighted by atomic mass is 32.2. The van der Waals surface area contributed by atoms with Crippen molar-refractivity contribution in [1.82, 2.24) is 10.2 Å². The molecule has 1 saturated carbocycles. The van der Waals surface area contributed by atoms with Gasteiger partial charge in [-0.05, 0) is 96.6 Å². The van der Waals surface area contributed by atoms with Crippen LogP contribution in [0, 0.1) is 11.8 Å². The third kappa shape index (κ3) is 7.35. The Labute approximate surface area is 287 Å². The van der Waals surface area contributed by atoms with Crippen molar-refractivity contribution in [3.8, 4) is 16.9 Å². The number of carboxylic acid groups (broad SMARTS) is 2. The number of amides is 1. The van der Waals surface area contributed by atoms with E-state index in [4.69, 9.17) is 16.2 Å². The molecule has 2 fully saturated rings. The Balaban J connectivity index is 1.20. The van der Waals surface area contributed by atoms with E-state index in [9.17, 15) is 33.0 Å². The summed E-state index contributed by atoms with van der Waals surface area (Å²) in [5, 5.41) is 23.4. The highest BCUT2D eigenvalue weighted by Crippen LogP contribution is 2.47. The second kappa shape index (κ2) is 13.7. The van der Waals surface area contributed by atoms with Crippen LogP contribution in [0.4, 0.5) is 5.69 Å². The van der Waals surface area contributed by atoms with Crippen molar-refractivity contribution in [1.29, 1.82) is 0 Å². The maximum Gasteiger partial charge on any atom is 0.329 e. The monoisotopic (exact) mass is 710 g/mol. The van der Waals surface area contributed by atoms with E-state index in [-0.39, 0.29) is 52.0 Å². The fourth-order valence-electron chi connectivity index (χ4n) is 6.61. The number of nitrogens with zero attached hydrogens (tertiary/aromatic N) is 2. The van der Waals surface area contributed by atoms with Crippen LogP contribution in [-0.2, 0) is 32.6 Å². The molecule has 8 N–H and O–H groups in total. The summed E-state index contributed by atoms with van der Waals surface area (Å²) >= 11 is 0.988. The van der Waals surface area contributed by atoms with Crippen LogP contribution in [0.2, 0.25) is 0 Å². The number of anilines is 1. The van der Waals surface area contributed by atoms with Gasteiger partial charge in [-0.3, -0.25) is 24.2 Å². The lowest BCUT2D eigenvalue weighted by Crippen LogP contribution is -2.45. The average molecular weight is 711 g/mol. The molecule has 1 aliphatic carbocycles. The number of aliphatic carboxylic acids is 2. The Morgan fingerprint density at radius 3 is 2.57 bits per heavy atom. The number of ether oxygens (including phenoxy) is 1. The summed E-state index contributed by atoms with van der Waals surface area (Å²) in [6.45, 7) is 2.55. The molecular formula is C33H38N6O8S2. The number of likely N-dealkylation sites (tertiary alicyclic amines) is 1. The number of carboxylic acids is 2. The van der Waals surface area contributed by atoms with Crippen LogP contribution in [0.3, 0.4) is 0 Å². The van der Waals surface area contributed by atoms with Crippen LogP contribution in [0.1, 0.15) is 46.5 Å². The number of guanidine groups is 1. The molecule has 1 amide bonds. The van der Waals surface area contributed by atoms with Gasteiger partial charge >= 0.3 is 11.9 Å². The zero-order chi connectivity index (χ0) is 34.9. The molecule has 2 aliphatic heterocycles. The fourth-order valence-corrected chi connectivity index (χ4v) is 8.70. The van der Waals surface area contributed by atoms with E-state index >= 15 is 0 Å². The Kier molecular flexibility index (Phi) is 9.55. The summed E-state index contributed by atoms with van der Waals surface area (Å²) in [7, 11) is -4.27. The molecular weight excluding hydrogens is 673 g/mol. The van der Waals surface area contributed by atoms with E-state index in [1.807, 2.05) is 30.3 Å². The highest BCUT2D eigenvalue weighted by molar-refractivity contribution is 7.92. The van der Waals surface area contributed by atoms with Gasteiger partial charge in [-0.1, -0.05) is 18.2 Å². The number of aliphatic imine (C=N–C) groups is 1. The van der Waals surface area contributed by atoms with E-state index < -0.39 is 33.4 Å². The van der Waals surface area contributed by atoms with Crippen LogP contribution >= 0.6 is 11.3 Å². The van der Waals surface area contributed by atoms with Crippen molar-refractivity contribution < 1.29 is 37.8 Å². The van der Waals surface area contributed by atoms with Crippen molar-refractivity contribution in [3.63, 3.8) is 0 Å². The maximum atomic E-state index is 14.0. The van der Waals surface area contributed by atoms with Crippen molar-refractivity contribution in [2.75, 3.05) is 31.0 Å². The predicted molar refractivity (Wildman–Crippen MR) is 183 cm³/mol. The highest BCUT2D eigenvalue weighted by Gasteiger charge is 2.61. The second-order valence-corrected chi connectivity index (χ2v) is 15.2. The number of fused-ring (bicyclic) bond motifs is 1. The number of hydrogen-bond acceptors (Lipinski definition) is 9. The quantitative estimate of drug-likeness (QED) is 0.112. The molecule has 14 nitrogen and oxygen atoms in total. The topological polar surface area (TPSA) is 227 Å². The first-order valence-electron chi connectivity index (χ1n) is 15.9. The number of carbonyl (C=O) groups is 3. The average Bonchev–Trinajstić information content (AvgIpc) is 3.35. The van der Waals surface area contributed by atoms with E-state index in [2.05, 4.69) is 19.9 Å². The number of nitrogens with two attached hydrogens (primary N) is 2. The van der Waals surface area contributed by atoms with Gasteiger partial charge in [-0.2, -0.15) is 0 Å². The van der Waals surface area contributed by atoms with Gasteiger partial charge in [0.1, 0.15) is 21.1 Å². The fraction of sp³-hybridized carbons (Fsp3) is 0.394. The van der Waals surface area contributed by atoms with Crippen molar-refractivity contribution in [3.05, 3.63) is 63.8 Å². The minimum atomic E-state index is -4.27. The van der Waals surface area contributed by atoms with Crippen LogP contribution < -0.4 is 26.2 Å². The summed E-state index contributed by atoms with van der Waals surface area (Å²) in [4.78, 5) is 42.9. The largest absolute Gasteiger partial charge is 0.492 e.